The Kier molecular flexibility index (Phi) is 4.43. The Morgan fingerprint density at radius 1 is 1.11 bits per heavy atom. The number of aliphatic hydroxyl groups excluding tert-OH is 2. The van der Waals surface area contributed by atoms with Crippen LogP contribution < -0.4 is 5.73 Å². The molecule has 0 saturated heterocycles. The molecular weight excluding hydrogens is 352 g/mol. The SMILES string of the molecule is Nc1ncnc2c1ccn2[C@@H]1C[C@H](CC2=CCCC23CCCCC3)[C@@H](O)[C@H]1O. The topological polar surface area (TPSA) is 97.2 Å². The van der Waals surface area contributed by atoms with Crippen LogP contribution >= 0.6 is 0 Å². The lowest BCUT2D eigenvalue weighted by molar-refractivity contribution is 0.00584. The zero-order valence-corrected chi connectivity index (χ0v) is 16.3. The van der Waals surface area contributed by atoms with Gasteiger partial charge in [-0.25, -0.2) is 9.97 Å². The van der Waals surface area contributed by atoms with Crippen LogP contribution in [0, 0.1) is 11.3 Å². The van der Waals surface area contributed by atoms with Crippen molar-refractivity contribution < 1.29 is 10.2 Å². The summed E-state index contributed by atoms with van der Waals surface area (Å²) in [6, 6.07) is 1.71. The number of nitrogens with two attached hydrogens (primary N) is 1. The van der Waals surface area contributed by atoms with Crippen molar-refractivity contribution in [2.24, 2.45) is 11.3 Å². The molecule has 4 N–H and O–H groups in total. The van der Waals surface area contributed by atoms with Crippen LogP contribution in [-0.4, -0.2) is 37.0 Å². The van der Waals surface area contributed by atoms with Gasteiger partial charge < -0.3 is 20.5 Å². The first-order valence-corrected chi connectivity index (χ1v) is 10.7. The zero-order chi connectivity index (χ0) is 19.3. The van der Waals surface area contributed by atoms with Crippen LogP contribution in [0.15, 0.2) is 30.2 Å². The number of hydrogen-bond donors (Lipinski definition) is 3. The van der Waals surface area contributed by atoms with Gasteiger partial charge in [0.1, 0.15) is 23.9 Å². The molecule has 5 rings (SSSR count). The van der Waals surface area contributed by atoms with Crippen molar-refractivity contribution in [3.63, 3.8) is 0 Å². The molecule has 2 saturated carbocycles. The third-order valence-electron chi connectivity index (χ3n) is 7.66. The highest BCUT2D eigenvalue weighted by Gasteiger charge is 2.46. The van der Waals surface area contributed by atoms with E-state index in [-0.39, 0.29) is 12.0 Å². The second kappa shape index (κ2) is 6.85. The van der Waals surface area contributed by atoms with Gasteiger partial charge in [0.15, 0.2) is 0 Å². The molecule has 6 nitrogen and oxygen atoms in total. The number of aliphatic hydroxyl groups is 2. The molecule has 0 bridgehead atoms. The third kappa shape index (κ3) is 2.77. The van der Waals surface area contributed by atoms with Gasteiger partial charge in [-0.15, -0.1) is 0 Å². The number of allylic oxidation sites excluding steroid dienone is 2. The van der Waals surface area contributed by atoms with Gasteiger partial charge in [-0.05, 0) is 55.9 Å². The van der Waals surface area contributed by atoms with Crippen molar-refractivity contribution in [1.29, 1.82) is 0 Å². The highest BCUT2D eigenvalue weighted by Crippen LogP contribution is 2.53. The van der Waals surface area contributed by atoms with Gasteiger partial charge in [0.25, 0.3) is 0 Å². The molecule has 0 radical (unpaired) electrons. The van der Waals surface area contributed by atoms with Crippen molar-refractivity contribution in [2.75, 3.05) is 5.73 Å². The molecule has 2 fully saturated rings. The van der Waals surface area contributed by atoms with Gasteiger partial charge in [0.2, 0.25) is 0 Å². The van der Waals surface area contributed by atoms with Crippen LogP contribution in [0.3, 0.4) is 0 Å². The first-order valence-electron chi connectivity index (χ1n) is 10.7. The molecule has 1 spiro atoms. The molecule has 6 heteroatoms. The second-order valence-corrected chi connectivity index (χ2v) is 9.08. The van der Waals surface area contributed by atoms with E-state index in [0.29, 0.717) is 11.2 Å². The van der Waals surface area contributed by atoms with Crippen molar-refractivity contribution in [3.8, 4) is 0 Å². The number of hydrogen-bond acceptors (Lipinski definition) is 5. The van der Waals surface area contributed by atoms with Gasteiger partial charge in [0, 0.05) is 6.20 Å². The quantitative estimate of drug-likeness (QED) is 0.707. The van der Waals surface area contributed by atoms with E-state index in [1.54, 1.807) is 5.57 Å². The summed E-state index contributed by atoms with van der Waals surface area (Å²) in [6.45, 7) is 0. The van der Waals surface area contributed by atoms with E-state index in [1.807, 2.05) is 16.8 Å². The van der Waals surface area contributed by atoms with Gasteiger partial charge in [-0.1, -0.05) is 30.9 Å². The van der Waals surface area contributed by atoms with Gasteiger partial charge in [0.05, 0.1) is 17.5 Å². The maximum absolute atomic E-state index is 10.9. The van der Waals surface area contributed by atoms with Gasteiger partial charge in [-0.2, -0.15) is 0 Å². The first kappa shape index (κ1) is 18.1. The van der Waals surface area contributed by atoms with Crippen LogP contribution in [-0.2, 0) is 0 Å². The number of nitrogens with zero attached hydrogens (tertiary/aromatic N) is 3. The smallest absolute Gasteiger partial charge is 0.145 e. The Balaban J connectivity index is 1.38. The van der Waals surface area contributed by atoms with Crippen LogP contribution in [0.5, 0.6) is 0 Å². The molecule has 0 amide bonds. The van der Waals surface area contributed by atoms with Gasteiger partial charge >= 0.3 is 0 Å². The van der Waals surface area contributed by atoms with Crippen molar-refractivity contribution in [2.45, 2.75) is 76.0 Å². The van der Waals surface area contributed by atoms with Gasteiger partial charge in [-0.3, -0.25) is 0 Å². The summed E-state index contributed by atoms with van der Waals surface area (Å²) in [6.07, 6.45) is 15.0. The van der Waals surface area contributed by atoms with Crippen LogP contribution in [0.4, 0.5) is 5.82 Å². The Bertz CT molecular complexity index is 899. The summed E-state index contributed by atoms with van der Waals surface area (Å²) in [4.78, 5) is 8.42. The van der Waals surface area contributed by atoms with Crippen molar-refractivity contribution in [3.05, 3.63) is 30.2 Å². The Hall–Kier alpha value is -1.92. The molecule has 2 aromatic heterocycles. The minimum atomic E-state index is -0.791. The molecular formula is C22H30N4O2. The first-order chi connectivity index (χ1) is 13.6. The summed E-state index contributed by atoms with van der Waals surface area (Å²) < 4.78 is 1.97. The summed E-state index contributed by atoms with van der Waals surface area (Å²) in [5.41, 5.74) is 8.62. The van der Waals surface area contributed by atoms with E-state index < -0.39 is 12.2 Å². The fourth-order valence-corrected chi connectivity index (χ4v) is 6.12. The largest absolute Gasteiger partial charge is 0.390 e. The lowest BCUT2D eigenvalue weighted by Gasteiger charge is -2.37. The van der Waals surface area contributed by atoms with E-state index >= 15 is 0 Å². The highest BCUT2D eigenvalue weighted by atomic mass is 16.3. The average molecular weight is 383 g/mol. The molecule has 0 unspecified atom stereocenters. The normalized spacial score (nSPS) is 32.3. The predicted octanol–water partition coefficient (Wildman–Crippen LogP) is 3.36. The number of nitrogen functional groups attached to an aromatic ring is 1. The number of rotatable bonds is 3. The predicted molar refractivity (Wildman–Crippen MR) is 109 cm³/mol. The van der Waals surface area contributed by atoms with E-state index in [1.165, 1.54) is 51.3 Å². The van der Waals surface area contributed by atoms with Crippen molar-refractivity contribution >= 4 is 16.9 Å². The standard InChI is InChI=1S/C22H30N4O2/c23-20-16-6-10-26(21(16)25-13-24-20)17-12-14(18(27)19(17)28)11-15-5-4-9-22(15)7-2-1-3-8-22/h5-6,10,13-14,17-19,27-28H,1-4,7-9,11-12H2,(H2,23,24,25)/t14-,17+,18+,19-/m0/s1. The van der Waals surface area contributed by atoms with E-state index in [4.69, 9.17) is 5.73 Å². The summed E-state index contributed by atoms with van der Waals surface area (Å²) in [5.74, 6) is 0.531. The summed E-state index contributed by atoms with van der Waals surface area (Å²) in [5, 5.41) is 22.5. The summed E-state index contributed by atoms with van der Waals surface area (Å²) >= 11 is 0. The second-order valence-electron chi connectivity index (χ2n) is 9.08. The zero-order valence-electron chi connectivity index (χ0n) is 16.3. The Labute approximate surface area is 165 Å². The number of aromatic nitrogens is 3. The molecule has 0 aliphatic heterocycles. The number of fused-ring (bicyclic) bond motifs is 1. The number of anilines is 1. The monoisotopic (exact) mass is 382 g/mol. The fraction of sp³-hybridized carbons (Fsp3) is 0.636. The average Bonchev–Trinajstić information content (AvgIpc) is 3.37. The maximum atomic E-state index is 10.9. The van der Waals surface area contributed by atoms with Crippen molar-refractivity contribution in [1.82, 2.24) is 14.5 Å². The molecule has 28 heavy (non-hydrogen) atoms. The Morgan fingerprint density at radius 2 is 1.93 bits per heavy atom. The van der Waals surface area contributed by atoms with E-state index in [2.05, 4.69) is 16.0 Å². The maximum Gasteiger partial charge on any atom is 0.145 e. The molecule has 0 aromatic carbocycles. The third-order valence-corrected chi connectivity index (χ3v) is 7.66. The minimum absolute atomic E-state index is 0.0831. The molecule has 2 aromatic rings. The van der Waals surface area contributed by atoms with Crippen LogP contribution in [0.25, 0.3) is 11.0 Å². The minimum Gasteiger partial charge on any atom is -0.390 e. The summed E-state index contributed by atoms with van der Waals surface area (Å²) in [7, 11) is 0. The lowest BCUT2D eigenvalue weighted by atomic mass is 9.67. The fourth-order valence-electron chi connectivity index (χ4n) is 6.12. The highest BCUT2D eigenvalue weighted by molar-refractivity contribution is 5.86. The lowest BCUT2D eigenvalue weighted by Crippen LogP contribution is -2.31. The van der Waals surface area contributed by atoms with Crippen LogP contribution in [0.2, 0.25) is 0 Å². The molecule has 2 heterocycles. The van der Waals surface area contributed by atoms with E-state index in [0.717, 1.165) is 23.9 Å². The molecule has 3 aliphatic carbocycles. The molecule has 4 atom stereocenters. The van der Waals surface area contributed by atoms with Crippen LogP contribution in [0.1, 0.15) is 63.8 Å². The van der Waals surface area contributed by atoms with E-state index in [9.17, 15) is 10.2 Å². The Morgan fingerprint density at radius 3 is 2.75 bits per heavy atom. The molecule has 150 valence electrons. The molecule has 3 aliphatic rings.